The van der Waals surface area contributed by atoms with E-state index in [4.69, 9.17) is 5.11 Å². The number of benzene rings is 1. The summed E-state index contributed by atoms with van der Waals surface area (Å²) in [6.45, 7) is -0.0355. The number of hydrogen-bond donors (Lipinski definition) is 1. The Morgan fingerprint density at radius 3 is 2.59 bits per heavy atom. The van der Waals surface area contributed by atoms with Gasteiger partial charge in [-0.3, -0.25) is 9.36 Å². The maximum Gasteiger partial charge on any atom is 0.304 e. The van der Waals surface area contributed by atoms with E-state index in [-0.39, 0.29) is 17.7 Å². The second-order valence-corrected chi connectivity index (χ2v) is 7.27. The third kappa shape index (κ3) is 2.54. The summed E-state index contributed by atoms with van der Waals surface area (Å²) in [5.41, 5.74) is 1.54. The summed E-state index contributed by atoms with van der Waals surface area (Å²) in [5, 5.41) is 9.09. The summed E-state index contributed by atoms with van der Waals surface area (Å²) in [6, 6.07) is 7.17. The highest BCUT2D eigenvalue weighted by Crippen LogP contribution is 2.24. The first kappa shape index (κ1) is 15.2. The highest BCUT2D eigenvalue weighted by Gasteiger charge is 2.18. The third-order valence-electron chi connectivity index (χ3n) is 3.26. The minimum Gasteiger partial charge on any atom is -0.610 e. The van der Waals surface area contributed by atoms with Gasteiger partial charge in [-0.2, -0.15) is 4.98 Å². The first-order valence-electron chi connectivity index (χ1n) is 6.42. The van der Waals surface area contributed by atoms with Crippen LogP contribution in [0.5, 0.6) is 0 Å². The van der Waals surface area contributed by atoms with E-state index in [0.717, 1.165) is 11.1 Å². The van der Waals surface area contributed by atoms with Gasteiger partial charge < -0.3 is 9.66 Å². The Morgan fingerprint density at radius 1 is 1.32 bits per heavy atom. The van der Waals surface area contributed by atoms with Crippen LogP contribution in [0, 0.1) is 0 Å². The molecule has 0 fully saturated rings. The normalized spacial score (nSPS) is 12.7. The second kappa shape index (κ2) is 5.81. The molecule has 3 aromatic rings. The number of nitrogens with zero attached hydrogens (tertiary/aromatic N) is 3. The average Bonchev–Trinajstić information content (AvgIpc) is 2.95. The lowest BCUT2D eigenvalue weighted by Crippen LogP contribution is -2.20. The molecule has 0 bridgehead atoms. The smallest absolute Gasteiger partial charge is 0.304 e. The molecule has 2 aromatic heterocycles. The molecule has 0 saturated heterocycles. The molecule has 1 N–H and O–H groups in total. The molecular weight excluding hydrogens is 322 g/mol. The Balaban J connectivity index is 2.21. The van der Waals surface area contributed by atoms with Crippen molar-refractivity contribution >= 4 is 32.9 Å². The number of aromatic nitrogens is 3. The zero-order valence-electron chi connectivity index (χ0n) is 11.9. The molecule has 6 nitrogen and oxygen atoms in total. The van der Waals surface area contributed by atoms with Crippen LogP contribution >= 0.6 is 11.3 Å². The van der Waals surface area contributed by atoms with Crippen molar-refractivity contribution < 1.29 is 9.66 Å². The van der Waals surface area contributed by atoms with E-state index in [2.05, 4.69) is 9.97 Å². The lowest BCUT2D eigenvalue weighted by molar-refractivity contribution is 0.282. The molecule has 114 valence electrons. The van der Waals surface area contributed by atoms with Gasteiger partial charge in [0.05, 0.1) is 6.61 Å². The molecule has 2 heterocycles. The van der Waals surface area contributed by atoms with Crippen molar-refractivity contribution in [2.45, 2.75) is 10.9 Å². The Kier molecular flexibility index (Phi) is 4.00. The fourth-order valence-electron chi connectivity index (χ4n) is 2.07. The zero-order chi connectivity index (χ0) is 15.9. The van der Waals surface area contributed by atoms with Crippen LogP contribution in [0.4, 0.5) is 0 Å². The molecule has 1 atom stereocenters. The molecule has 1 aromatic carbocycles. The molecule has 0 saturated carbocycles. The summed E-state index contributed by atoms with van der Waals surface area (Å²) in [4.78, 5) is 21.5. The van der Waals surface area contributed by atoms with Crippen molar-refractivity contribution in [3.63, 3.8) is 0 Å². The summed E-state index contributed by atoms with van der Waals surface area (Å²) in [5.74, 6) is 0.513. The monoisotopic (exact) mass is 335 g/mol. The van der Waals surface area contributed by atoms with E-state index >= 15 is 0 Å². The summed E-state index contributed by atoms with van der Waals surface area (Å²) in [7, 11) is 1.63. The van der Waals surface area contributed by atoms with E-state index in [1.165, 1.54) is 22.2 Å². The third-order valence-corrected chi connectivity index (χ3v) is 5.54. The van der Waals surface area contributed by atoms with Crippen molar-refractivity contribution in [3.05, 3.63) is 40.2 Å². The lowest BCUT2D eigenvalue weighted by Gasteiger charge is -2.07. The SMILES string of the molecule is Cn1c(-c2ccc(CO)cc2)nc2sc([S+](C)[O-])nc2c1=O. The number of hydrogen-bond acceptors (Lipinski definition) is 6. The Morgan fingerprint density at radius 2 is 2.00 bits per heavy atom. The predicted octanol–water partition coefficient (Wildman–Crippen LogP) is 1.29. The maximum absolute atomic E-state index is 12.4. The quantitative estimate of drug-likeness (QED) is 0.728. The fraction of sp³-hybridized carbons (Fsp3) is 0.214. The van der Waals surface area contributed by atoms with Crippen molar-refractivity contribution in [2.75, 3.05) is 6.26 Å². The van der Waals surface area contributed by atoms with Gasteiger partial charge in [-0.1, -0.05) is 24.3 Å². The van der Waals surface area contributed by atoms with Crippen molar-refractivity contribution in [2.24, 2.45) is 7.05 Å². The lowest BCUT2D eigenvalue weighted by atomic mass is 10.1. The van der Waals surface area contributed by atoms with E-state index < -0.39 is 11.2 Å². The Labute approximate surface area is 133 Å². The molecule has 8 heteroatoms. The molecular formula is C14H13N3O3S2. The second-order valence-electron chi connectivity index (χ2n) is 4.74. The van der Waals surface area contributed by atoms with Gasteiger partial charge in [-0.15, -0.1) is 0 Å². The largest absolute Gasteiger partial charge is 0.610 e. The minimum atomic E-state index is -1.24. The highest BCUT2D eigenvalue weighted by atomic mass is 32.2. The summed E-state index contributed by atoms with van der Waals surface area (Å²) < 4.78 is 13.4. The van der Waals surface area contributed by atoms with Crippen molar-refractivity contribution in [1.29, 1.82) is 0 Å². The van der Waals surface area contributed by atoms with Gasteiger partial charge in [-0.25, -0.2) is 4.98 Å². The molecule has 0 amide bonds. The molecule has 0 aliphatic carbocycles. The number of thiazole rings is 1. The van der Waals surface area contributed by atoms with E-state index in [1.54, 1.807) is 31.3 Å². The van der Waals surface area contributed by atoms with Gasteiger partial charge in [0, 0.05) is 23.8 Å². The average molecular weight is 335 g/mol. The van der Waals surface area contributed by atoms with Gasteiger partial charge in [0.2, 0.25) is 0 Å². The van der Waals surface area contributed by atoms with Crippen molar-refractivity contribution in [1.82, 2.24) is 14.5 Å². The first-order valence-corrected chi connectivity index (χ1v) is 8.80. The first-order chi connectivity index (χ1) is 10.5. The standard InChI is InChI=1S/C14H13N3O3S2/c1-17-11(9-5-3-8(7-18)4-6-9)16-12-10(13(17)19)15-14(21-12)22(2)20/h3-6,18H,7H2,1-2H3. The molecule has 3 rings (SSSR count). The Hall–Kier alpha value is -1.74. The van der Waals surface area contributed by atoms with Crippen molar-refractivity contribution in [3.8, 4) is 11.4 Å². The molecule has 0 radical (unpaired) electrons. The van der Waals surface area contributed by atoms with Gasteiger partial charge in [0.1, 0.15) is 12.1 Å². The minimum absolute atomic E-state index is 0.0355. The van der Waals surface area contributed by atoms with Crippen LogP contribution in [0.3, 0.4) is 0 Å². The number of rotatable bonds is 3. The van der Waals surface area contributed by atoms with Crippen LogP contribution < -0.4 is 5.56 Å². The molecule has 0 aliphatic rings. The molecule has 1 unspecified atom stereocenters. The van der Waals surface area contributed by atoms with E-state index in [1.807, 2.05) is 0 Å². The van der Waals surface area contributed by atoms with Crippen LogP contribution in [0.1, 0.15) is 5.56 Å². The topological polar surface area (TPSA) is 91.1 Å². The molecule has 0 spiro atoms. The highest BCUT2D eigenvalue weighted by molar-refractivity contribution is 7.92. The molecule has 22 heavy (non-hydrogen) atoms. The predicted molar refractivity (Wildman–Crippen MR) is 86.3 cm³/mol. The molecule has 0 aliphatic heterocycles. The van der Waals surface area contributed by atoms with Crippen LogP contribution in [0.15, 0.2) is 33.4 Å². The van der Waals surface area contributed by atoms with Gasteiger partial charge in [-0.05, 0) is 16.9 Å². The van der Waals surface area contributed by atoms with Crippen LogP contribution in [-0.4, -0.2) is 30.5 Å². The number of aliphatic hydroxyl groups is 1. The van der Waals surface area contributed by atoms with Crippen LogP contribution in [-0.2, 0) is 24.8 Å². The van der Waals surface area contributed by atoms with Crippen LogP contribution in [0.25, 0.3) is 21.7 Å². The van der Waals surface area contributed by atoms with Crippen LogP contribution in [0.2, 0.25) is 0 Å². The summed E-state index contributed by atoms with van der Waals surface area (Å²) in [6.07, 6.45) is 1.52. The number of aliphatic hydroxyl groups excluding tert-OH is 1. The van der Waals surface area contributed by atoms with Gasteiger partial charge in [0.15, 0.2) is 10.3 Å². The fourth-order valence-corrected chi connectivity index (χ4v) is 3.66. The van der Waals surface area contributed by atoms with E-state index in [9.17, 15) is 9.35 Å². The zero-order valence-corrected chi connectivity index (χ0v) is 13.6. The Bertz CT molecular complexity index is 885. The maximum atomic E-state index is 12.4. The van der Waals surface area contributed by atoms with Gasteiger partial charge >= 0.3 is 4.34 Å². The van der Waals surface area contributed by atoms with Gasteiger partial charge in [0.25, 0.3) is 5.56 Å². The number of fused-ring (bicyclic) bond motifs is 1. The summed E-state index contributed by atoms with van der Waals surface area (Å²) >= 11 is -0.0714. The van der Waals surface area contributed by atoms with E-state index in [0.29, 0.717) is 15.0 Å².